The van der Waals surface area contributed by atoms with E-state index in [4.69, 9.17) is 5.11 Å². The van der Waals surface area contributed by atoms with Crippen LogP contribution >= 0.6 is 0 Å². The Morgan fingerprint density at radius 3 is 2.31 bits per heavy atom. The summed E-state index contributed by atoms with van der Waals surface area (Å²) >= 11 is 0. The van der Waals surface area contributed by atoms with E-state index in [2.05, 4.69) is 0 Å². The maximum atomic E-state index is 12.5. The summed E-state index contributed by atoms with van der Waals surface area (Å²) in [4.78, 5) is 0. The molecule has 1 saturated carbocycles. The number of aliphatic hydroxyl groups is 1. The van der Waals surface area contributed by atoms with Gasteiger partial charge >= 0.3 is 12.3 Å². The molecule has 0 radical (unpaired) electrons. The molecule has 1 aliphatic rings. The van der Waals surface area contributed by atoms with E-state index in [1.807, 2.05) is 0 Å². The minimum absolute atomic E-state index is 0.420. The highest BCUT2D eigenvalue weighted by atomic mass is 19.3. The lowest BCUT2D eigenvalue weighted by atomic mass is 9.97. The molecule has 1 N–H and O–H groups in total. The van der Waals surface area contributed by atoms with Gasteiger partial charge in [-0.2, -0.15) is 0 Å². The molecular weight excluding hydrogens is 188 g/mol. The first kappa shape index (κ1) is 10.8. The van der Waals surface area contributed by atoms with Crippen molar-refractivity contribution in [3.8, 4) is 0 Å². The van der Waals surface area contributed by atoms with Crippen molar-refractivity contribution in [1.29, 1.82) is 0 Å². The van der Waals surface area contributed by atoms with E-state index in [1.165, 1.54) is 0 Å². The zero-order valence-electron chi connectivity index (χ0n) is 7.02. The average molecular weight is 200 g/mol. The number of alkyl halides is 4. The van der Waals surface area contributed by atoms with Crippen LogP contribution in [0.15, 0.2) is 0 Å². The monoisotopic (exact) mass is 200 g/mol. The lowest BCUT2D eigenvalue weighted by molar-refractivity contribution is -0.145. The standard InChI is InChI=1S/C8H12F4O/c9-7(10)8(11,12)4-5-2-1-3-6(5)13/h5-7,13H,1-4H2. The summed E-state index contributed by atoms with van der Waals surface area (Å²) in [5.74, 6) is -4.61. The molecule has 0 heterocycles. The minimum Gasteiger partial charge on any atom is -0.393 e. The first-order chi connectivity index (χ1) is 5.93. The lowest BCUT2D eigenvalue weighted by Gasteiger charge is -2.21. The van der Waals surface area contributed by atoms with Crippen LogP contribution < -0.4 is 0 Å². The Labute approximate surface area is 73.7 Å². The summed E-state index contributed by atoms with van der Waals surface area (Å²) in [7, 11) is 0. The molecule has 0 aromatic carbocycles. The number of rotatable bonds is 3. The van der Waals surface area contributed by atoms with Gasteiger partial charge in [0.15, 0.2) is 0 Å². The van der Waals surface area contributed by atoms with E-state index in [9.17, 15) is 17.6 Å². The van der Waals surface area contributed by atoms with E-state index >= 15 is 0 Å². The van der Waals surface area contributed by atoms with E-state index in [-0.39, 0.29) is 0 Å². The maximum Gasteiger partial charge on any atom is 0.307 e. The van der Waals surface area contributed by atoms with Crippen LogP contribution in [-0.2, 0) is 0 Å². The van der Waals surface area contributed by atoms with Crippen LogP contribution in [0, 0.1) is 5.92 Å². The summed E-state index contributed by atoms with van der Waals surface area (Å²) in [6, 6.07) is 0. The van der Waals surface area contributed by atoms with Crippen molar-refractivity contribution >= 4 is 0 Å². The van der Waals surface area contributed by atoms with Crippen molar-refractivity contribution in [2.24, 2.45) is 5.92 Å². The molecule has 0 aliphatic heterocycles. The van der Waals surface area contributed by atoms with Gasteiger partial charge in [0.05, 0.1) is 6.10 Å². The topological polar surface area (TPSA) is 20.2 Å². The smallest absolute Gasteiger partial charge is 0.307 e. The van der Waals surface area contributed by atoms with E-state index in [0.717, 1.165) is 0 Å². The van der Waals surface area contributed by atoms with Gasteiger partial charge < -0.3 is 5.11 Å². The second-order valence-electron chi connectivity index (χ2n) is 3.52. The number of hydrogen-bond donors (Lipinski definition) is 1. The van der Waals surface area contributed by atoms with Gasteiger partial charge in [-0.05, 0) is 18.8 Å². The molecular formula is C8H12F4O. The molecule has 78 valence electrons. The van der Waals surface area contributed by atoms with Crippen molar-refractivity contribution in [2.75, 3.05) is 0 Å². The lowest BCUT2D eigenvalue weighted by Crippen LogP contribution is -2.31. The molecule has 1 aliphatic carbocycles. The second kappa shape index (κ2) is 3.82. The van der Waals surface area contributed by atoms with Crippen LogP contribution in [0.5, 0.6) is 0 Å². The molecule has 0 aromatic heterocycles. The molecule has 0 bridgehead atoms. The number of aliphatic hydroxyl groups excluding tert-OH is 1. The van der Waals surface area contributed by atoms with Crippen LogP contribution in [0.3, 0.4) is 0 Å². The largest absolute Gasteiger partial charge is 0.393 e. The summed E-state index contributed by atoms with van der Waals surface area (Å²) in [6.07, 6.45) is -3.84. The van der Waals surface area contributed by atoms with E-state index < -0.39 is 30.8 Å². The molecule has 1 fully saturated rings. The zero-order chi connectivity index (χ0) is 10.1. The highest BCUT2D eigenvalue weighted by Crippen LogP contribution is 2.37. The van der Waals surface area contributed by atoms with Crippen LogP contribution in [0.2, 0.25) is 0 Å². The summed E-state index contributed by atoms with van der Waals surface area (Å²) in [5.41, 5.74) is 0. The number of hydrogen-bond acceptors (Lipinski definition) is 1. The van der Waals surface area contributed by atoms with E-state index in [1.54, 1.807) is 0 Å². The van der Waals surface area contributed by atoms with Gasteiger partial charge in [0.2, 0.25) is 0 Å². The summed E-state index contributed by atoms with van der Waals surface area (Å²) in [5, 5.41) is 9.16. The summed E-state index contributed by atoms with van der Waals surface area (Å²) < 4.78 is 48.5. The first-order valence-electron chi connectivity index (χ1n) is 4.27. The van der Waals surface area contributed by atoms with E-state index in [0.29, 0.717) is 19.3 Å². The highest BCUT2D eigenvalue weighted by molar-refractivity contribution is 4.83. The Morgan fingerprint density at radius 2 is 1.92 bits per heavy atom. The quantitative estimate of drug-likeness (QED) is 0.694. The fourth-order valence-corrected chi connectivity index (χ4v) is 1.69. The maximum absolute atomic E-state index is 12.5. The molecule has 0 saturated heterocycles. The van der Waals surface area contributed by atoms with Gasteiger partial charge in [0, 0.05) is 6.42 Å². The van der Waals surface area contributed by atoms with Crippen molar-refractivity contribution in [3.05, 3.63) is 0 Å². The van der Waals surface area contributed by atoms with Crippen molar-refractivity contribution in [2.45, 2.75) is 44.1 Å². The normalized spacial score (nSPS) is 30.0. The van der Waals surface area contributed by atoms with Gasteiger partial charge in [-0.3, -0.25) is 0 Å². The predicted molar refractivity (Wildman–Crippen MR) is 38.9 cm³/mol. The Hall–Kier alpha value is -0.320. The SMILES string of the molecule is OC1CCCC1CC(F)(F)C(F)F. The third-order valence-electron chi connectivity index (χ3n) is 2.47. The Morgan fingerprint density at radius 1 is 1.31 bits per heavy atom. The van der Waals surface area contributed by atoms with Gasteiger partial charge in [0.25, 0.3) is 0 Å². The number of halogens is 4. The molecule has 0 spiro atoms. The second-order valence-corrected chi connectivity index (χ2v) is 3.52. The van der Waals surface area contributed by atoms with Crippen molar-refractivity contribution < 1.29 is 22.7 Å². The predicted octanol–water partition coefficient (Wildman–Crippen LogP) is 2.44. The van der Waals surface area contributed by atoms with Crippen LogP contribution in [0.1, 0.15) is 25.7 Å². The van der Waals surface area contributed by atoms with Gasteiger partial charge in [-0.1, -0.05) is 6.42 Å². The molecule has 1 rings (SSSR count). The third kappa shape index (κ3) is 2.56. The van der Waals surface area contributed by atoms with Crippen molar-refractivity contribution in [1.82, 2.24) is 0 Å². The van der Waals surface area contributed by atoms with Crippen LogP contribution in [-0.4, -0.2) is 23.6 Å². The fourth-order valence-electron chi connectivity index (χ4n) is 1.69. The zero-order valence-corrected chi connectivity index (χ0v) is 7.02. The molecule has 2 atom stereocenters. The molecule has 2 unspecified atom stereocenters. The van der Waals surface area contributed by atoms with Gasteiger partial charge in [0.1, 0.15) is 0 Å². The van der Waals surface area contributed by atoms with Gasteiger partial charge in [-0.25, -0.2) is 17.6 Å². The van der Waals surface area contributed by atoms with Crippen LogP contribution in [0.4, 0.5) is 17.6 Å². The molecule has 1 nitrogen and oxygen atoms in total. The molecule has 0 aromatic rings. The van der Waals surface area contributed by atoms with Crippen LogP contribution in [0.25, 0.3) is 0 Å². The molecule has 5 heteroatoms. The van der Waals surface area contributed by atoms with Crippen molar-refractivity contribution in [3.63, 3.8) is 0 Å². The summed E-state index contributed by atoms with van der Waals surface area (Å²) in [6.45, 7) is 0. The fraction of sp³-hybridized carbons (Fsp3) is 1.00. The average Bonchev–Trinajstić information content (AvgIpc) is 2.35. The molecule has 0 amide bonds. The minimum atomic E-state index is -3.95. The van der Waals surface area contributed by atoms with Gasteiger partial charge in [-0.15, -0.1) is 0 Å². The first-order valence-corrected chi connectivity index (χ1v) is 4.27. The Balaban J connectivity index is 2.47. The Kier molecular flexibility index (Phi) is 3.16. The third-order valence-corrected chi connectivity index (χ3v) is 2.47. The Bertz CT molecular complexity index is 172. The highest BCUT2D eigenvalue weighted by Gasteiger charge is 2.44. The molecule has 13 heavy (non-hydrogen) atoms.